The number of phenols is 1. The number of hydrogen-bond acceptors (Lipinski definition) is 3. The van der Waals surface area contributed by atoms with Gasteiger partial charge in [-0.1, -0.05) is 12.1 Å². The molecule has 1 aromatic rings. The molecule has 3 heteroatoms. The van der Waals surface area contributed by atoms with Crippen LogP contribution < -0.4 is 0 Å². The van der Waals surface area contributed by atoms with Gasteiger partial charge in [-0.05, 0) is 17.7 Å². The number of ether oxygens (including phenoxy) is 1. The van der Waals surface area contributed by atoms with Crippen LogP contribution in [-0.4, -0.2) is 18.5 Å². The van der Waals surface area contributed by atoms with Gasteiger partial charge in [-0.15, -0.1) is 0 Å². The summed E-state index contributed by atoms with van der Waals surface area (Å²) in [7, 11) is 1.56. The van der Waals surface area contributed by atoms with Gasteiger partial charge in [0.15, 0.2) is 0 Å². The molecule has 0 spiro atoms. The molecule has 0 aliphatic carbocycles. The van der Waals surface area contributed by atoms with E-state index in [1.54, 1.807) is 31.4 Å². The molecule has 70 valence electrons. The van der Waals surface area contributed by atoms with E-state index in [1.807, 2.05) is 0 Å². The van der Waals surface area contributed by atoms with Crippen LogP contribution in [0.15, 0.2) is 24.3 Å². The standard InChI is InChI=1S/C10H12O3/c1-13-10(6-7-11)8-2-4-9(12)5-3-8/h2-5,7,10,12H,6H2,1H3. The summed E-state index contributed by atoms with van der Waals surface area (Å²) in [4.78, 5) is 10.3. The monoisotopic (exact) mass is 180 g/mol. The van der Waals surface area contributed by atoms with Crippen molar-refractivity contribution >= 4 is 6.29 Å². The summed E-state index contributed by atoms with van der Waals surface area (Å²) in [6, 6.07) is 6.64. The van der Waals surface area contributed by atoms with E-state index in [4.69, 9.17) is 9.84 Å². The Morgan fingerprint density at radius 3 is 2.54 bits per heavy atom. The third-order valence-electron chi connectivity index (χ3n) is 1.86. The number of rotatable bonds is 4. The topological polar surface area (TPSA) is 46.5 Å². The fourth-order valence-electron chi connectivity index (χ4n) is 1.14. The number of phenolic OH excluding ortho intramolecular Hbond substituents is 1. The lowest BCUT2D eigenvalue weighted by Gasteiger charge is -2.12. The maximum Gasteiger partial charge on any atom is 0.122 e. The second-order valence-corrected chi connectivity index (χ2v) is 2.72. The predicted molar refractivity (Wildman–Crippen MR) is 48.5 cm³/mol. The highest BCUT2D eigenvalue weighted by Gasteiger charge is 2.08. The summed E-state index contributed by atoms with van der Waals surface area (Å²) in [5.74, 6) is 0.213. The van der Waals surface area contributed by atoms with Gasteiger partial charge in [-0.25, -0.2) is 0 Å². The minimum Gasteiger partial charge on any atom is -0.508 e. The Hall–Kier alpha value is -1.35. The van der Waals surface area contributed by atoms with Crippen LogP contribution in [0, 0.1) is 0 Å². The van der Waals surface area contributed by atoms with Gasteiger partial charge in [-0.2, -0.15) is 0 Å². The van der Waals surface area contributed by atoms with E-state index in [-0.39, 0.29) is 11.9 Å². The minimum atomic E-state index is -0.210. The molecule has 0 amide bonds. The normalized spacial score (nSPS) is 12.4. The highest BCUT2D eigenvalue weighted by Crippen LogP contribution is 2.21. The lowest BCUT2D eigenvalue weighted by molar-refractivity contribution is -0.110. The molecule has 1 aromatic carbocycles. The predicted octanol–water partition coefficient (Wildman–Crippen LogP) is 1.67. The quantitative estimate of drug-likeness (QED) is 0.717. The van der Waals surface area contributed by atoms with Gasteiger partial charge >= 0.3 is 0 Å². The molecule has 0 saturated carbocycles. The molecule has 0 aliphatic heterocycles. The van der Waals surface area contributed by atoms with Gasteiger partial charge in [0.2, 0.25) is 0 Å². The Morgan fingerprint density at radius 1 is 1.46 bits per heavy atom. The first kappa shape index (κ1) is 9.74. The molecule has 3 nitrogen and oxygen atoms in total. The third kappa shape index (κ3) is 2.56. The number of aromatic hydroxyl groups is 1. The summed E-state index contributed by atoms with van der Waals surface area (Å²) < 4.78 is 5.10. The zero-order valence-corrected chi connectivity index (χ0v) is 7.43. The highest BCUT2D eigenvalue weighted by molar-refractivity contribution is 5.51. The van der Waals surface area contributed by atoms with Gasteiger partial charge in [0, 0.05) is 13.5 Å². The second-order valence-electron chi connectivity index (χ2n) is 2.72. The molecule has 0 saturated heterocycles. The average Bonchev–Trinajstić information content (AvgIpc) is 2.16. The first-order valence-electron chi connectivity index (χ1n) is 4.03. The van der Waals surface area contributed by atoms with Crippen molar-refractivity contribution in [3.05, 3.63) is 29.8 Å². The molecule has 1 atom stereocenters. The van der Waals surface area contributed by atoms with Gasteiger partial charge in [-0.3, -0.25) is 0 Å². The fourth-order valence-corrected chi connectivity index (χ4v) is 1.14. The molecular weight excluding hydrogens is 168 g/mol. The molecule has 1 unspecified atom stereocenters. The van der Waals surface area contributed by atoms with Crippen molar-refractivity contribution in [3.8, 4) is 5.75 Å². The maximum absolute atomic E-state index is 10.3. The maximum atomic E-state index is 10.3. The summed E-state index contributed by atoms with van der Waals surface area (Å²) >= 11 is 0. The van der Waals surface area contributed by atoms with Crippen LogP contribution in [0.3, 0.4) is 0 Å². The Labute approximate surface area is 77.0 Å². The van der Waals surface area contributed by atoms with Crippen LogP contribution in [0.5, 0.6) is 5.75 Å². The Bertz CT molecular complexity index is 266. The van der Waals surface area contributed by atoms with E-state index in [2.05, 4.69) is 0 Å². The first-order valence-corrected chi connectivity index (χ1v) is 4.03. The third-order valence-corrected chi connectivity index (χ3v) is 1.86. The van der Waals surface area contributed by atoms with Crippen molar-refractivity contribution in [1.29, 1.82) is 0 Å². The molecule has 0 radical (unpaired) electrons. The number of carbonyl (C=O) groups excluding carboxylic acids is 1. The Balaban J connectivity index is 2.78. The molecule has 0 bridgehead atoms. The number of carbonyl (C=O) groups is 1. The molecule has 0 heterocycles. The molecule has 0 fully saturated rings. The molecule has 1 rings (SSSR count). The summed E-state index contributed by atoms with van der Waals surface area (Å²) in [5, 5.41) is 9.03. The number of aldehydes is 1. The van der Waals surface area contributed by atoms with Gasteiger partial charge in [0.05, 0.1) is 6.10 Å². The van der Waals surface area contributed by atoms with Crippen LogP contribution in [0.25, 0.3) is 0 Å². The zero-order valence-electron chi connectivity index (χ0n) is 7.43. The Kier molecular flexibility index (Phi) is 3.46. The zero-order chi connectivity index (χ0) is 9.68. The van der Waals surface area contributed by atoms with Crippen LogP contribution >= 0.6 is 0 Å². The molecule has 1 N–H and O–H groups in total. The SMILES string of the molecule is COC(CC=O)c1ccc(O)cc1. The van der Waals surface area contributed by atoms with Gasteiger partial charge < -0.3 is 14.6 Å². The molecule has 0 aromatic heterocycles. The molecular formula is C10H12O3. The van der Waals surface area contributed by atoms with Crippen molar-refractivity contribution in [2.45, 2.75) is 12.5 Å². The lowest BCUT2D eigenvalue weighted by atomic mass is 10.1. The van der Waals surface area contributed by atoms with Crippen molar-refractivity contribution in [2.75, 3.05) is 7.11 Å². The molecule has 13 heavy (non-hydrogen) atoms. The van der Waals surface area contributed by atoms with E-state index in [9.17, 15) is 4.79 Å². The van der Waals surface area contributed by atoms with E-state index < -0.39 is 0 Å². The largest absolute Gasteiger partial charge is 0.508 e. The van der Waals surface area contributed by atoms with Crippen molar-refractivity contribution in [3.63, 3.8) is 0 Å². The minimum absolute atomic E-state index is 0.210. The van der Waals surface area contributed by atoms with E-state index in [0.29, 0.717) is 6.42 Å². The van der Waals surface area contributed by atoms with Crippen LogP contribution in [0.2, 0.25) is 0 Å². The summed E-state index contributed by atoms with van der Waals surface area (Å²) in [6.07, 6.45) is 0.945. The van der Waals surface area contributed by atoms with E-state index in [0.717, 1.165) is 11.8 Å². The van der Waals surface area contributed by atoms with Crippen molar-refractivity contribution in [1.82, 2.24) is 0 Å². The van der Waals surface area contributed by atoms with Gasteiger partial charge in [0.1, 0.15) is 12.0 Å². The fraction of sp³-hybridized carbons (Fsp3) is 0.300. The Morgan fingerprint density at radius 2 is 2.08 bits per heavy atom. The van der Waals surface area contributed by atoms with E-state index >= 15 is 0 Å². The van der Waals surface area contributed by atoms with Crippen LogP contribution in [0.4, 0.5) is 0 Å². The van der Waals surface area contributed by atoms with Crippen LogP contribution in [-0.2, 0) is 9.53 Å². The second kappa shape index (κ2) is 4.62. The van der Waals surface area contributed by atoms with Crippen LogP contribution in [0.1, 0.15) is 18.1 Å². The lowest BCUT2D eigenvalue weighted by Crippen LogP contribution is -2.01. The number of hydrogen-bond donors (Lipinski definition) is 1. The van der Waals surface area contributed by atoms with Crippen molar-refractivity contribution < 1.29 is 14.6 Å². The number of benzene rings is 1. The van der Waals surface area contributed by atoms with E-state index in [1.165, 1.54) is 0 Å². The smallest absolute Gasteiger partial charge is 0.122 e. The van der Waals surface area contributed by atoms with Crippen molar-refractivity contribution in [2.24, 2.45) is 0 Å². The average molecular weight is 180 g/mol. The summed E-state index contributed by atoms with van der Waals surface area (Å²) in [6.45, 7) is 0. The highest BCUT2D eigenvalue weighted by atomic mass is 16.5. The molecule has 0 aliphatic rings. The number of methoxy groups -OCH3 is 1. The van der Waals surface area contributed by atoms with Gasteiger partial charge in [0.25, 0.3) is 0 Å². The summed E-state index contributed by atoms with van der Waals surface area (Å²) in [5.41, 5.74) is 0.896. The first-order chi connectivity index (χ1) is 6.27.